The predicted octanol–water partition coefficient (Wildman–Crippen LogP) is 3.86. The summed E-state index contributed by atoms with van der Waals surface area (Å²) in [5.74, 6) is -4.17. The van der Waals surface area contributed by atoms with E-state index in [1.165, 1.54) is 18.3 Å². The summed E-state index contributed by atoms with van der Waals surface area (Å²) in [6.45, 7) is -0.306. The van der Waals surface area contributed by atoms with E-state index in [0.717, 1.165) is 12.1 Å². The summed E-state index contributed by atoms with van der Waals surface area (Å²) < 4.78 is 91.5. The van der Waals surface area contributed by atoms with Gasteiger partial charge in [0.1, 0.15) is 11.5 Å². The number of hydrogen-bond donors (Lipinski definition) is 1. The first-order valence-corrected chi connectivity index (χ1v) is 13.5. The molecule has 0 spiro atoms. The van der Waals surface area contributed by atoms with E-state index >= 15 is 0 Å². The molecule has 1 saturated heterocycles. The Balaban J connectivity index is 1.26. The van der Waals surface area contributed by atoms with Gasteiger partial charge in [0.15, 0.2) is 0 Å². The smallest absolute Gasteiger partial charge is 0.372 e. The standard InChI is InChI=1S/C22H18Cl2F5N5O4S/c23-14-2-13(3-15(24)4-14)21(22(27,28)29)5-18(32-38-21)33-7-11-1-17(30-6-12(11)8-33)19(35)31-16-9-34(10-16)39(36,37)20(25)26/h1-4,6,16,20H,5,7-10H2,(H,31,35). The molecule has 1 atom stereocenters. The molecule has 1 fully saturated rings. The second-order valence-electron chi connectivity index (χ2n) is 9.25. The number of aromatic nitrogens is 1. The normalized spacial score (nSPS) is 21.9. The monoisotopic (exact) mass is 613 g/mol. The summed E-state index contributed by atoms with van der Waals surface area (Å²) >= 11 is 11.9. The molecular formula is C22H18Cl2F5N5O4S. The number of nitrogens with one attached hydrogen (secondary N) is 1. The van der Waals surface area contributed by atoms with Gasteiger partial charge in [0.05, 0.1) is 12.5 Å². The lowest BCUT2D eigenvalue weighted by atomic mass is 9.89. The van der Waals surface area contributed by atoms with Crippen LogP contribution < -0.4 is 5.32 Å². The quantitative estimate of drug-likeness (QED) is 0.514. The molecule has 1 amide bonds. The summed E-state index contributed by atoms with van der Waals surface area (Å²) in [7, 11) is -4.71. The molecule has 4 heterocycles. The third-order valence-corrected chi connectivity index (χ3v) is 8.58. The van der Waals surface area contributed by atoms with Crippen molar-refractivity contribution in [3.05, 3.63) is 62.9 Å². The molecule has 0 aliphatic carbocycles. The fraction of sp³-hybridized carbons (Fsp3) is 0.409. The largest absolute Gasteiger partial charge is 0.435 e. The van der Waals surface area contributed by atoms with Gasteiger partial charge in [-0.25, -0.2) is 8.42 Å². The number of benzene rings is 1. The van der Waals surface area contributed by atoms with Crippen LogP contribution >= 0.6 is 23.2 Å². The van der Waals surface area contributed by atoms with Crippen LogP contribution in [0.25, 0.3) is 0 Å². The maximum atomic E-state index is 14.3. The van der Waals surface area contributed by atoms with Crippen molar-refractivity contribution >= 4 is 45.0 Å². The fourth-order valence-electron chi connectivity index (χ4n) is 4.54. The number of amidine groups is 1. The Morgan fingerprint density at radius 1 is 1.10 bits per heavy atom. The Hall–Kier alpha value is -2.75. The lowest BCUT2D eigenvalue weighted by Crippen LogP contribution is -2.61. The second kappa shape index (κ2) is 9.71. The maximum absolute atomic E-state index is 14.3. The second-order valence-corrected chi connectivity index (χ2v) is 12.0. The molecule has 5 rings (SSSR count). The van der Waals surface area contributed by atoms with Crippen LogP contribution in [0.1, 0.15) is 33.6 Å². The topological polar surface area (TPSA) is 104 Å². The van der Waals surface area contributed by atoms with Gasteiger partial charge in [0.2, 0.25) is 0 Å². The molecule has 210 valence electrons. The minimum absolute atomic E-state index is 0.00823. The third-order valence-electron chi connectivity index (χ3n) is 6.67. The van der Waals surface area contributed by atoms with Crippen molar-refractivity contribution in [2.75, 3.05) is 13.1 Å². The van der Waals surface area contributed by atoms with Gasteiger partial charge in [-0.05, 0) is 35.4 Å². The molecule has 0 saturated carbocycles. The van der Waals surface area contributed by atoms with E-state index in [-0.39, 0.29) is 53.3 Å². The van der Waals surface area contributed by atoms with Gasteiger partial charge in [-0.15, -0.1) is 0 Å². The number of pyridine rings is 1. The minimum Gasteiger partial charge on any atom is -0.372 e. The highest BCUT2D eigenvalue weighted by Crippen LogP contribution is 2.49. The Morgan fingerprint density at radius 2 is 1.74 bits per heavy atom. The number of fused-ring (bicyclic) bond motifs is 1. The van der Waals surface area contributed by atoms with Crippen LogP contribution in [0.15, 0.2) is 35.6 Å². The van der Waals surface area contributed by atoms with Crippen LogP contribution in [0.3, 0.4) is 0 Å². The molecule has 39 heavy (non-hydrogen) atoms. The van der Waals surface area contributed by atoms with Crippen molar-refractivity contribution in [2.45, 2.75) is 43.1 Å². The molecule has 1 aromatic heterocycles. The summed E-state index contributed by atoms with van der Waals surface area (Å²) in [6, 6.07) is 4.34. The molecule has 0 radical (unpaired) electrons. The number of carbonyl (C=O) groups is 1. The minimum atomic E-state index is -4.85. The van der Waals surface area contributed by atoms with E-state index in [9.17, 15) is 35.2 Å². The van der Waals surface area contributed by atoms with E-state index in [1.807, 2.05) is 0 Å². The molecule has 2 aromatic rings. The van der Waals surface area contributed by atoms with Crippen molar-refractivity contribution in [3.63, 3.8) is 0 Å². The summed E-state index contributed by atoms with van der Waals surface area (Å²) in [4.78, 5) is 23.3. The van der Waals surface area contributed by atoms with Crippen molar-refractivity contribution < 1.29 is 40.0 Å². The lowest BCUT2D eigenvalue weighted by molar-refractivity contribution is -0.275. The third kappa shape index (κ3) is 5.00. The van der Waals surface area contributed by atoms with Gasteiger partial charge < -0.3 is 15.1 Å². The van der Waals surface area contributed by atoms with E-state index in [2.05, 4.69) is 15.5 Å². The molecule has 0 bridgehead atoms. The zero-order chi connectivity index (χ0) is 28.3. The SMILES string of the molecule is O=C(NC1CN(S(=O)(=O)C(F)F)C1)c1cc2c(cn1)CN(C1=NOC(c3cc(Cl)cc(Cl)c3)(C(F)(F)F)C1)C2. The highest BCUT2D eigenvalue weighted by atomic mass is 35.5. The number of alkyl halides is 5. The van der Waals surface area contributed by atoms with Crippen LogP contribution in [0, 0.1) is 0 Å². The van der Waals surface area contributed by atoms with Crippen LogP contribution in [0.4, 0.5) is 22.0 Å². The number of hydrogen-bond acceptors (Lipinski definition) is 7. The van der Waals surface area contributed by atoms with Gasteiger partial charge >= 0.3 is 11.9 Å². The van der Waals surface area contributed by atoms with Gasteiger partial charge in [-0.1, -0.05) is 28.4 Å². The highest BCUT2D eigenvalue weighted by Gasteiger charge is 2.63. The van der Waals surface area contributed by atoms with Crippen LogP contribution in [-0.4, -0.2) is 65.4 Å². The summed E-state index contributed by atoms with van der Waals surface area (Å²) in [6.07, 6.45) is -4.08. The number of halogens is 7. The maximum Gasteiger partial charge on any atom is 0.435 e. The van der Waals surface area contributed by atoms with Crippen LogP contribution in [-0.2, 0) is 33.6 Å². The molecule has 17 heteroatoms. The molecule has 1 N–H and O–H groups in total. The molecule has 9 nitrogen and oxygen atoms in total. The number of oxime groups is 1. The average molecular weight is 614 g/mol. The first-order chi connectivity index (χ1) is 18.2. The number of nitrogens with zero attached hydrogens (tertiary/aromatic N) is 4. The Morgan fingerprint density at radius 3 is 2.36 bits per heavy atom. The van der Waals surface area contributed by atoms with E-state index in [4.69, 9.17) is 28.0 Å². The highest BCUT2D eigenvalue weighted by molar-refractivity contribution is 7.89. The van der Waals surface area contributed by atoms with Crippen molar-refractivity contribution in [1.82, 2.24) is 19.5 Å². The molecule has 3 aliphatic rings. The number of rotatable bonds is 5. The van der Waals surface area contributed by atoms with Gasteiger partial charge in [-0.2, -0.15) is 26.3 Å². The number of sulfonamides is 1. The van der Waals surface area contributed by atoms with Crippen molar-refractivity contribution in [3.8, 4) is 0 Å². The van der Waals surface area contributed by atoms with Gasteiger partial charge in [-0.3, -0.25) is 9.78 Å². The van der Waals surface area contributed by atoms with Crippen molar-refractivity contribution in [2.24, 2.45) is 5.16 Å². The Labute approximate surface area is 228 Å². The first-order valence-electron chi connectivity index (χ1n) is 11.3. The van der Waals surface area contributed by atoms with E-state index in [0.29, 0.717) is 15.4 Å². The van der Waals surface area contributed by atoms with E-state index in [1.54, 1.807) is 4.90 Å². The molecule has 3 aliphatic heterocycles. The summed E-state index contributed by atoms with van der Waals surface area (Å²) in [5.41, 5.74) is -1.83. The average Bonchev–Trinajstić information content (AvgIpc) is 3.44. The fourth-order valence-corrected chi connectivity index (χ4v) is 6.07. The van der Waals surface area contributed by atoms with E-state index < -0.39 is 45.9 Å². The molecule has 1 unspecified atom stereocenters. The number of amides is 1. The van der Waals surface area contributed by atoms with Crippen molar-refractivity contribution in [1.29, 1.82) is 0 Å². The van der Waals surface area contributed by atoms with Crippen LogP contribution in [0.5, 0.6) is 0 Å². The lowest BCUT2D eigenvalue weighted by Gasteiger charge is -2.37. The molecule has 1 aromatic carbocycles. The number of carbonyl (C=O) groups excluding carboxylic acids is 1. The zero-order valence-electron chi connectivity index (χ0n) is 19.6. The van der Waals surface area contributed by atoms with Crippen LogP contribution in [0.2, 0.25) is 10.0 Å². The zero-order valence-corrected chi connectivity index (χ0v) is 21.9. The predicted molar refractivity (Wildman–Crippen MR) is 129 cm³/mol. The van der Waals surface area contributed by atoms with Gasteiger partial charge in [0, 0.05) is 48.0 Å². The Bertz CT molecular complexity index is 1450. The summed E-state index contributed by atoms with van der Waals surface area (Å²) in [5, 5.41) is 6.29. The first kappa shape index (κ1) is 27.8. The molecular weight excluding hydrogens is 596 g/mol. The Kier molecular flexibility index (Phi) is 6.92. The van der Waals surface area contributed by atoms with Gasteiger partial charge in [0.25, 0.3) is 21.5 Å².